The molecule has 0 aliphatic carbocycles. The summed E-state index contributed by atoms with van der Waals surface area (Å²) in [5.41, 5.74) is 2.61. The molecule has 0 saturated heterocycles. The fraction of sp³-hybridized carbons (Fsp3) is 0.214. The molecule has 8 heteroatoms. The van der Waals surface area contributed by atoms with Gasteiger partial charge in [0.1, 0.15) is 6.61 Å². The lowest BCUT2D eigenvalue weighted by molar-refractivity contribution is -0.111. The molecule has 0 radical (unpaired) electrons. The number of rotatable bonds is 11. The lowest BCUT2D eigenvalue weighted by Gasteiger charge is -2.15. The van der Waals surface area contributed by atoms with E-state index in [-0.39, 0.29) is 18.5 Å². The number of halogens is 2. The molecule has 0 aliphatic rings. The maximum atomic E-state index is 12.4. The Labute approximate surface area is 224 Å². The highest BCUT2D eigenvalue weighted by molar-refractivity contribution is 9.10. The summed E-state index contributed by atoms with van der Waals surface area (Å²) in [6, 6.07) is 17.7. The average Bonchev–Trinajstić information content (AvgIpc) is 2.87. The van der Waals surface area contributed by atoms with Gasteiger partial charge in [-0.1, -0.05) is 36.7 Å². The van der Waals surface area contributed by atoms with E-state index in [1.54, 1.807) is 36.4 Å². The second kappa shape index (κ2) is 13.7. The second-order valence-electron chi connectivity index (χ2n) is 7.68. The van der Waals surface area contributed by atoms with Gasteiger partial charge in [0, 0.05) is 22.3 Å². The smallest absolute Gasteiger partial charge is 0.338 e. The van der Waals surface area contributed by atoms with Crippen molar-refractivity contribution in [2.24, 2.45) is 0 Å². The van der Waals surface area contributed by atoms with Crippen LogP contribution in [0.4, 0.5) is 5.69 Å². The van der Waals surface area contributed by atoms with E-state index in [0.29, 0.717) is 45.5 Å². The number of amides is 1. The van der Waals surface area contributed by atoms with Crippen LogP contribution >= 0.6 is 27.5 Å². The highest BCUT2D eigenvalue weighted by Crippen LogP contribution is 2.38. The Balaban J connectivity index is 1.66. The molecule has 0 atom stereocenters. The molecule has 1 amide bonds. The van der Waals surface area contributed by atoms with Gasteiger partial charge in [0.2, 0.25) is 5.91 Å². The Morgan fingerprint density at radius 1 is 1.03 bits per heavy atom. The van der Waals surface area contributed by atoms with E-state index in [4.69, 9.17) is 25.8 Å². The quantitative estimate of drug-likeness (QED) is 0.193. The van der Waals surface area contributed by atoms with Crippen LogP contribution in [-0.4, -0.2) is 25.1 Å². The molecule has 0 fully saturated rings. The molecule has 36 heavy (non-hydrogen) atoms. The average molecular weight is 573 g/mol. The van der Waals surface area contributed by atoms with E-state index >= 15 is 0 Å². The Morgan fingerprint density at radius 3 is 2.47 bits per heavy atom. The summed E-state index contributed by atoms with van der Waals surface area (Å²) >= 11 is 9.78. The Bertz CT molecular complexity index is 1230. The van der Waals surface area contributed by atoms with Crippen LogP contribution < -0.4 is 14.8 Å². The first-order valence-electron chi connectivity index (χ1n) is 11.5. The Kier molecular flexibility index (Phi) is 10.4. The van der Waals surface area contributed by atoms with Crippen LogP contribution in [0.1, 0.15) is 41.8 Å². The summed E-state index contributed by atoms with van der Waals surface area (Å²) in [6.45, 7) is 4.92. The van der Waals surface area contributed by atoms with E-state index in [9.17, 15) is 9.59 Å². The van der Waals surface area contributed by atoms with Crippen LogP contribution in [0.3, 0.4) is 0 Å². The predicted octanol–water partition coefficient (Wildman–Crippen LogP) is 7.30. The topological polar surface area (TPSA) is 73.9 Å². The molecule has 6 nitrogen and oxygen atoms in total. The minimum absolute atomic E-state index is 0.283. The van der Waals surface area contributed by atoms with Crippen molar-refractivity contribution in [3.63, 3.8) is 0 Å². The number of carbonyl (C=O) groups is 2. The zero-order chi connectivity index (χ0) is 25.9. The maximum absolute atomic E-state index is 12.4. The van der Waals surface area contributed by atoms with Crippen LogP contribution in [0.2, 0.25) is 5.02 Å². The monoisotopic (exact) mass is 571 g/mol. The molecule has 188 valence electrons. The molecule has 0 aromatic heterocycles. The summed E-state index contributed by atoms with van der Waals surface area (Å²) in [4.78, 5) is 24.3. The van der Waals surface area contributed by atoms with Crippen molar-refractivity contribution in [2.75, 3.05) is 18.5 Å². The van der Waals surface area contributed by atoms with Crippen molar-refractivity contribution in [1.82, 2.24) is 0 Å². The molecule has 0 heterocycles. The molecular weight excluding hydrogens is 546 g/mol. The molecule has 0 aliphatic heterocycles. The van der Waals surface area contributed by atoms with Gasteiger partial charge in [-0.25, -0.2) is 4.79 Å². The molecule has 3 aromatic carbocycles. The molecule has 3 rings (SSSR count). The van der Waals surface area contributed by atoms with Gasteiger partial charge < -0.3 is 19.5 Å². The van der Waals surface area contributed by atoms with Gasteiger partial charge in [0.05, 0.1) is 23.2 Å². The number of esters is 1. The van der Waals surface area contributed by atoms with Gasteiger partial charge >= 0.3 is 5.97 Å². The summed E-state index contributed by atoms with van der Waals surface area (Å²) in [5.74, 6) is 0.398. The van der Waals surface area contributed by atoms with Crippen LogP contribution in [0.5, 0.6) is 11.5 Å². The van der Waals surface area contributed by atoms with Crippen LogP contribution in [0.25, 0.3) is 6.08 Å². The minimum atomic E-state index is -0.385. The largest absolute Gasteiger partial charge is 0.490 e. The number of ether oxygens (including phenoxy) is 3. The van der Waals surface area contributed by atoms with E-state index in [1.165, 1.54) is 6.08 Å². The first kappa shape index (κ1) is 27.3. The summed E-state index contributed by atoms with van der Waals surface area (Å²) in [5, 5.41) is 3.40. The van der Waals surface area contributed by atoms with Crippen molar-refractivity contribution in [1.29, 1.82) is 0 Å². The summed E-state index contributed by atoms with van der Waals surface area (Å²) in [6.07, 6.45) is 3.86. The summed E-state index contributed by atoms with van der Waals surface area (Å²) < 4.78 is 17.6. The second-order valence-corrected chi connectivity index (χ2v) is 8.94. The van der Waals surface area contributed by atoms with E-state index in [2.05, 4.69) is 21.2 Å². The van der Waals surface area contributed by atoms with Gasteiger partial charge in [0.15, 0.2) is 11.5 Å². The van der Waals surface area contributed by atoms with Crippen molar-refractivity contribution in [2.45, 2.75) is 26.9 Å². The third-order valence-corrected chi connectivity index (χ3v) is 5.87. The van der Waals surface area contributed by atoms with E-state index in [0.717, 1.165) is 17.5 Å². The Morgan fingerprint density at radius 2 is 1.78 bits per heavy atom. The molecule has 0 unspecified atom stereocenters. The van der Waals surface area contributed by atoms with Crippen molar-refractivity contribution < 1.29 is 23.8 Å². The molecular formula is C28H27BrClNO5. The predicted molar refractivity (Wildman–Crippen MR) is 146 cm³/mol. The van der Waals surface area contributed by atoms with Crippen molar-refractivity contribution in [3.8, 4) is 11.5 Å². The normalized spacial score (nSPS) is 10.8. The van der Waals surface area contributed by atoms with Gasteiger partial charge in [-0.2, -0.15) is 0 Å². The zero-order valence-electron chi connectivity index (χ0n) is 20.1. The van der Waals surface area contributed by atoms with Crippen LogP contribution in [0.15, 0.2) is 71.2 Å². The SMILES string of the molecule is CCCOC(=O)c1ccc(NC(=O)/C=C/c2cc(Br)c(OCc3ccccc3Cl)c(OCC)c2)cc1. The highest BCUT2D eigenvalue weighted by atomic mass is 79.9. The first-order chi connectivity index (χ1) is 17.4. The minimum Gasteiger partial charge on any atom is -0.490 e. The number of anilines is 1. The number of benzene rings is 3. The maximum Gasteiger partial charge on any atom is 0.338 e. The molecule has 0 spiro atoms. The summed E-state index contributed by atoms with van der Waals surface area (Å²) in [7, 11) is 0. The van der Waals surface area contributed by atoms with Gasteiger partial charge in [-0.05, 0) is 83.4 Å². The van der Waals surface area contributed by atoms with Gasteiger partial charge in [0.25, 0.3) is 0 Å². The van der Waals surface area contributed by atoms with Gasteiger partial charge in [-0.15, -0.1) is 0 Å². The fourth-order valence-electron chi connectivity index (χ4n) is 3.18. The van der Waals surface area contributed by atoms with Crippen LogP contribution in [-0.2, 0) is 16.1 Å². The van der Waals surface area contributed by atoms with Crippen molar-refractivity contribution in [3.05, 3.63) is 92.9 Å². The number of carbonyl (C=O) groups excluding carboxylic acids is 2. The lowest BCUT2D eigenvalue weighted by atomic mass is 10.1. The molecule has 1 N–H and O–H groups in total. The number of hydrogen-bond acceptors (Lipinski definition) is 5. The first-order valence-corrected chi connectivity index (χ1v) is 12.7. The standard InChI is InChI=1S/C28H27BrClNO5/c1-3-15-35-28(33)20-10-12-22(13-11-20)31-26(32)14-9-19-16-23(29)27(25(17-19)34-4-2)36-18-21-7-5-6-8-24(21)30/h5-14,16-17H,3-4,15,18H2,1-2H3,(H,31,32)/b14-9+. The lowest BCUT2D eigenvalue weighted by Crippen LogP contribution is -2.09. The molecule has 0 bridgehead atoms. The van der Waals surface area contributed by atoms with Gasteiger partial charge in [-0.3, -0.25) is 4.79 Å². The van der Waals surface area contributed by atoms with E-state index in [1.807, 2.05) is 44.2 Å². The third-order valence-electron chi connectivity index (χ3n) is 4.91. The zero-order valence-corrected chi connectivity index (χ0v) is 22.4. The van der Waals surface area contributed by atoms with Crippen LogP contribution in [0, 0.1) is 0 Å². The molecule has 0 saturated carbocycles. The van der Waals surface area contributed by atoms with E-state index < -0.39 is 0 Å². The fourth-order valence-corrected chi connectivity index (χ4v) is 3.94. The number of nitrogens with one attached hydrogen (secondary N) is 1. The molecule has 3 aromatic rings. The highest BCUT2D eigenvalue weighted by Gasteiger charge is 2.13. The van der Waals surface area contributed by atoms with Crippen molar-refractivity contribution >= 4 is 51.2 Å². The Hall–Kier alpha value is -3.29. The third kappa shape index (κ3) is 7.86. The number of hydrogen-bond donors (Lipinski definition) is 1.